The van der Waals surface area contributed by atoms with Gasteiger partial charge in [0.05, 0.1) is 22.4 Å². The Kier molecular flexibility index (Phi) is 6.28. The van der Waals surface area contributed by atoms with E-state index in [0.29, 0.717) is 11.5 Å². The molecule has 1 saturated heterocycles. The second kappa shape index (κ2) is 9.13. The number of halogens is 2. The zero-order valence-corrected chi connectivity index (χ0v) is 17.3. The SMILES string of the molecule is O=C(NCC(=O)N1CC(OC(F)F)C[C@H]1C(=O)O)c1ccc2c(c1)Oc1ccccc1S2. The Morgan fingerprint density at radius 2 is 1.94 bits per heavy atom. The number of ether oxygens (including phenoxy) is 2. The number of hydrogen-bond acceptors (Lipinski definition) is 6. The first-order chi connectivity index (χ1) is 15.3. The number of carboxylic acids is 1. The second-order valence-electron chi connectivity index (χ2n) is 7.15. The van der Waals surface area contributed by atoms with Crippen molar-refractivity contribution < 1.29 is 37.7 Å². The number of hydrogen-bond donors (Lipinski definition) is 2. The summed E-state index contributed by atoms with van der Waals surface area (Å²) in [6.07, 6.45) is -1.34. The van der Waals surface area contributed by atoms with Crippen molar-refractivity contribution >= 4 is 29.5 Å². The second-order valence-corrected chi connectivity index (χ2v) is 8.23. The third-order valence-corrected chi connectivity index (χ3v) is 6.17. The Balaban J connectivity index is 1.38. The molecule has 0 bridgehead atoms. The van der Waals surface area contributed by atoms with E-state index in [1.165, 1.54) is 11.8 Å². The summed E-state index contributed by atoms with van der Waals surface area (Å²) in [6.45, 7) is -3.85. The van der Waals surface area contributed by atoms with E-state index in [9.17, 15) is 28.3 Å². The van der Waals surface area contributed by atoms with Crippen LogP contribution < -0.4 is 10.1 Å². The van der Waals surface area contributed by atoms with Gasteiger partial charge in [0.15, 0.2) is 0 Å². The molecule has 0 radical (unpaired) electrons. The molecule has 8 nitrogen and oxygen atoms in total. The van der Waals surface area contributed by atoms with Crippen LogP contribution in [0.1, 0.15) is 16.8 Å². The van der Waals surface area contributed by atoms with Crippen LogP contribution in [0.3, 0.4) is 0 Å². The molecule has 2 N–H and O–H groups in total. The van der Waals surface area contributed by atoms with Gasteiger partial charge in [0, 0.05) is 18.5 Å². The van der Waals surface area contributed by atoms with Crippen molar-refractivity contribution in [2.75, 3.05) is 13.1 Å². The van der Waals surface area contributed by atoms with Crippen molar-refractivity contribution in [2.45, 2.75) is 35.0 Å². The molecule has 2 aromatic rings. The summed E-state index contributed by atoms with van der Waals surface area (Å²) in [4.78, 5) is 39.1. The van der Waals surface area contributed by atoms with Crippen LogP contribution in [0.5, 0.6) is 11.5 Å². The molecule has 4 rings (SSSR count). The number of rotatable bonds is 6. The molecule has 0 spiro atoms. The van der Waals surface area contributed by atoms with Crippen LogP contribution in [0, 0.1) is 0 Å². The number of carboxylic acid groups (broad SMARTS) is 1. The zero-order valence-electron chi connectivity index (χ0n) is 16.5. The summed E-state index contributed by atoms with van der Waals surface area (Å²) < 4.78 is 35.1. The molecule has 0 saturated carbocycles. The minimum Gasteiger partial charge on any atom is -0.480 e. The van der Waals surface area contributed by atoms with Crippen molar-refractivity contribution in [1.29, 1.82) is 0 Å². The largest absolute Gasteiger partial charge is 0.480 e. The normalized spacial score (nSPS) is 19.2. The summed E-state index contributed by atoms with van der Waals surface area (Å²) >= 11 is 1.51. The lowest BCUT2D eigenvalue weighted by atomic mass is 10.2. The summed E-state index contributed by atoms with van der Waals surface area (Å²) in [6, 6.07) is 11.1. The lowest BCUT2D eigenvalue weighted by molar-refractivity contribution is -0.160. The van der Waals surface area contributed by atoms with Gasteiger partial charge in [0.2, 0.25) is 5.91 Å². The van der Waals surface area contributed by atoms with Crippen LogP contribution in [-0.2, 0) is 14.3 Å². The number of carbonyl (C=O) groups is 3. The van der Waals surface area contributed by atoms with E-state index in [-0.39, 0.29) is 18.5 Å². The zero-order chi connectivity index (χ0) is 22.8. The van der Waals surface area contributed by atoms with Crippen LogP contribution in [0.25, 0.3) is 0 Å². The highest BCUT2D eigenvalue weighted by molar-refractivity contribution is 7.99. The van der Waals surface area contributed by atoms with Crippen molar-refractivity contribution in [3.05, 3.63) is 48.0 Å². The van der Waals surface area contributed by atoms with Gasteiger partial charge in [-0.1, -0.05) is 23.9 Å². The van der Waals surface area contributed by atoms with E-state index in [2.05, 4.69) is 10.1 Å². The fourth-order valence-corrected chi connectivity index (χ4v) is 4.51. The molecular formula is C21H18F2N2O6S. The van der Waals surface area contributed by atoms with Gasteiger partial charge in [-0.2, -0.15) is 8.78 Å². The molecule has 0 aliphatic carbocycles. The van der Waals surface area contributed by atoms with E-state index in [0.717, 1.165) is 14.7 Å². The number of nitrogens with zero attached hydrogens (tertiary/aromatic N) is 1. The number of para-hydroxylation sites is 1. The summed E-state index contributed by atoms with van der Waals surface area (Å²) in [5.41, 5.74) is 0.256. The van der Waals surface area contributed by atoms with Crippen molar-refractivity contribution in [2.24, 2.45) is 0 Å². The predicted molar refractivity (Wildman–Crippen MR) is 108 cm³/mol. The van der Waals surface area contributed by atoms with Gasteiger partial charge in [0.1, 0.15) is 17.5 Å². The van der Waals surface area contributed by atoms with E-state index < -0.39 is 43.1 Å². The Bertz CT molecular complexity index is 1070. The summed E-state index contributed by atoms with van der Waals surface area (Å²) in [7, 11) is 0. The lowest BCUT2D eigenvalue weighted by Crippen LogP contribution is -2.45. The molecule has 0 aromatic heterocycles. The molecule has 2 atom stereocenters. The first-order valence-corrected chi connectivity index (χ1v) is 10.5. The van der Waals surface area contributed by atoms with Gasteiger partial charge < -0.3 is 24.8 Å². The molecule has 32 heavy (non-hydrogen) atoms. The van der Waals surface area contributed by atoms with Gasteiger partial charge in [-0.25, -0.2) is 4.79 Å². The van der Waals surface area contributed by atoms with Crippen molar-refractivity contribution in [3.8, 4) is 11.5 Å². The molecule has 2 aliphatic heterocycles. The minimum absolute atomic E-state index is 0.249. The van der Waals surface area contributed by atoms with Crippen molar-refractivity contribution in [1.82, 2.24) is 10.2 Å². The van der Waals surface area contributed by atoms with Crippen LogP contribution in [0.15, 0.2) is 52.3 Å². The first kappa shape index (κ1) is 22.0. The molecule has 2 amide bonds. The van der Waals surface area contributed by atoms with Gasteiger partial charge >= 0.3 is 12.6 Å². The van der Waals surface area contributed by atoms with E-state index >= 15 is 0 Å². The maximum absolute atomic E-state index is 12.5. The summed E-state index contributed by atoms with van der Waals surface area (Å²) in [5, 5.41) is 11.7. The number of nitrogens with one attached hydrogen (secondary N) is 1. The third kappa shape index (κ3) is 4.68. The molecule has 168 valence electrons. The quantitative estimate of drug-likeness (QED) is 0.578. The fraction of sp³-hybridized carbons (Fsp3) is 0.286. The summed E-state index contributed by atoms with van der Waals surface area (Å²) in [5.74, 6) is -1.41. The van der Waals surface area contributed by atoms with Crippen LogP contribution in [0.4, 0.5) is 8.78 Å². The number of likely N-dealkylation sites (tertiary alicyclic amines) is 1. The van der Waals surface area contributed by atoms with Gasteiger partial charge in [0.25, 0.3) is 5.91 Å². The number of alkyl halides is 2. The Hall–Kier alpha value is -3.18. The minimum atomic E-state index is -3.07. The van der Waals surface area contributed by atoms with Gasteiger partial charge in [-0.05, 0) is 30.3 Å². The fourth-order valence-electron chi connectivity index (χ4n) is 3.58. The standard InChI is InChI=1S/C21H18F2N2O6S/c22-21(23)30-12-8-13(20(28)29)25(10-12)18(26)9-24-19(27)11-5-6-17-15(7-11)31-14-3-1-2-4-16(14)32-17/h1-7,12-13,21H,8-10H2,(H,24,27)(H,28,29)/t12?,13-/m0/s1. The number of benzene rings is 2. The van der Waals surface area contributed by atoms with Crippen molar-refractivity contribution in [3.63, 3.8) is 0 Å². The molecular weight excluding hydrogens is 446 g/mol. The highest BCUT2D eigenvalue weighted by Crippen LogP contribution is 2.46. The van der Waals surface area contributed by atoms with Crippen LogP contribution >= 0.6 is 11.8 Å². The average Bonchev–Trinajstić information content (AvgIpc) is 3.19. The Morgan fingerprint density at radius 3 is 2.69 bits per heavy atom. The molecule has 2 heterocycles. The van der Waals surface area contributed by atoms with Gasteiger partial charge in [-0.3, -0.25) is 9.59 Å². The number of carbonyl (C=O) groups excluding carboxylic acids is 2. The third-order valence-electron chi connectivity index (χ3n) is 5.06. The molecule has 2 aliphatic rings. The van der Waals surface area contributed by atoms with Gasteiger partial charge in [-0.15, -0.1) is 0 Å². The van der Waals surface area contributed by atoms with Crippen LogP contribution in [-0.4, -0.2) is 59.6 Å². The topological polar surface area (TPSA) is 105 Å². The first-order valence-electron chi connectivity index (χ1n) is 9.64. The Labute approximate surface area is 185 Å². The number of aliphatic carboxylic acids is 1. The molecule has 11 heteroatoms. The molecule has 1 unspecified atom stereocenters. The van der Waals surface area contributed by atoms with E-state index in [1.807, 2.05) is 24.3 Å². The lowest BCUT2D eigenvalue weighted by Gasteiger charge is -2.22. The van der Waals surface area contributed by atoms with E-state index in [1.54, 1.807) is 18.2 Å². The predicted octanol–water partition coefficient (Wildman–Crippen LogP) is 2.97. The Morgan fingerprint density at radius 1 is 1.19 bits per heavy atom. The maximum Gasteiger partial charge on any atom is 0.345 e. The molecule has 2 aromatic carbocycles. The van der Waals surface area contributed by atoms with Crippen LogP contribution in [0.2, 0.25) is 0 Å². The highest BCUT2D eigenvalue weighted by Gasteiger charge is 2.41. The smallest absolute Gasteiger partial charge is 0.345 e. The molecule has 1 fully saturated rings. The maximum atomic E-state index is 12.5. The average molecular weight is 464 g/mol. The number of fused-ring (bicyclic) bond motifs is 2. The van der Waals surface area contributed by atoms with E-state index in [4.69, 9.17) is 4.74 Å². The highest BCUT2D eigenvalue weighted by atomic mass is 32.2. The monoisotopic (exact) mass is 464 g/mol. The number of amides is 2.